The Hall–Kier alpha value is -1.88. The Morgan fingerprint density at radius 2 is 2.29 bits per heavy atom. The third kappa shape index (κ3) is 3.29. The Morgan fingerprint density at radius 3 is 3.06 bits per heavy atom. The maximum absolute atomic E-state index is 11.5. The summed E-state index contributed by atoms with van der Waals surface area (Å²) >= 11 is 0. The SMILES string of the molecule is Cc1ccc(=O)n(CCNCc2ccno2)c1. The lowest BCUT2D eigenvalue weighted by Crippen LogP contribution is -2.26. The molecule has 2 aromatic heterocycles. The average molecular weight is 233 g/mol. The Labute approximate surface area is 99.1 Å². The Balaban J connectivity index is 1.82. The maximum atomic E-state index is 11.5. The lowest BCUT2D eigenvalue weighted by atomic mass is 10.3. The van der Waals surface area contributed by atoms with Crippen LogP contribution in [0.1, 0.15) is 11.3 Å². The van der Waals surface area contributed by atoms with Crippen LogP contribution in [-0.4, -0.2) is 16.3 Å². The number of nitrogens with zero attached hydrogens (tertiary/aromatic N) is 2. The topological polar surface area (TPSA) is 60.1 Å². The zero-order chi connectivity index (χ0) is 12.1. The quantitative estimate of drug-likeness (QED) is 0.781. The van der Waals surface area contributed by atoms with E-state index in [1.54, 1.807) is 16.8 Å². The van der Waals surface area contributed by atoms with E-state index in [1.165, 1.54) is 0 Å². The van der Waals surface area contributed by atoms with Crippen LogP contribution in [0.25, 0.3) is 0 Å². The first-order valence-corrected chi connectivity index (χ1v) is 5.53. The summed E-state index contributed by atoms with van der Waals surface area (Å²) in [5, 5.41) is 6.80. The molecule has 90 valence electrons. The summed E-state index contributed by atoms with van der Waals surface area (Å²) in [7, 11) is 0. The second-order valence-electron chi connectivity index (χ2n) is 3.89. The lowest BCUT2D eigenvalue weighted by molar-refractivity contribution is 0.371. The van der Waals surface area contributed by atoms with E-state index >= 15 is 0 Å². The van der Waals surface area contributed by atoms with Gasteiger partial charge in [0, 0.05) is 31.4 Å². The minimum absolute atomic E-state index is 0.0251. The minimum Gasteiger partial charge on any atom is -0.360 e. The van der Waals surface area contributed by atoms with Crippen molar-refractivity contribution in [3.05, 3.63) is 52.3 Å². The van der Waals surface area contributed by atoms with E-state index in [4.69, 9.17) is 4.52 Å². The summed E-state index contributed by atoms with van der Waals surface area (Å²) in [5.41, 5.74) is 1.11. The number of hydrogen-bond acceptors (Lipinski definition) is 4. The van der Waals surface area contributed by atoms with Gasteiger partial charge in [-0.15, -0.1) is 0 Å². The van der Waals surface area contributed by atoms with Gasteiger partial charge in [0.1, 0.15) is 5.76 Å². The van der Waals surface area contributed by atoms with E-state index < -0.39 is 0 Å². The van der Waals surface area contributed by atoms with Crippen LogP contribution in [0.2, 0.25) is 0 Å². The number of hydrogen-bond donors (Lipinski definition) is 1. The molecule has 5 nitrogen and oxygen atoms in total. The fourth-order valence-corrected chi connectivity index (χ4v) is 1.57. The van der Waals surface area contributed by atoms with Gasteiger partial charge in [0.05, 0.1) is 12.7 Å². The molecule has 0 unspecified atom stereocenters. The molecule has 0 aliphatic rings. The van der Waals surface area contributed by atoms with E-state index in [1.807, 2.05) is 25.3 Å². The van der Waals surface area contributed by atoms with Gasteiger partial charge in [-0.05, 0) is 12.5 Å². The third-order valence-corrected chi connectivity index (χ3v) is 2.45. The second kappa shape index (κ2) is 5.45. The van der Waals surface area contributed by atoms with Gasteiger partial charge in [-0.2, -0.15) is 0 Å². The van der Waals surface area contributed by atoms with Crippen LogP contribution < -0.4 is 10.9 Å². The van der Waals surface area contributed by atoms with Crippen LogP contribution >= 0.6 is 0 Å². The van der Waals surface area contributed by atoms with Crippen LogP contribution in [0.15, 0.2) is 39.9 Å². The van der Waals surface area contributed by atoms with Gasteiger partial charge in [0.2, 0.25) is 0 Å². The van der Waals surface area contributed by atoms with Crippen LogP contribution in [-0.2, 0) is 13.1 Å². The molecule has 0 aliphatic carbocycles. The molecule has 0 atom stereocenters. The number of nitrogens with one attached hydrogen (secondary N) is 1. The fourth-order valence-electron chi connectivity index (χ4n) is 1.57. The number of rotatable bonds is 5. The molecule has 5 heteroatoms. The molecule has 0 bridgehead atoms. The van der Waals surface area contributed by atoms with Crippen molar-refractivity contribution in [1.82, 2.24) is 15.0 Å². The molecule has 0 amide bonds. The monoisotopic (exact) mass is 233 g/mol. The van der Waals surface area contributed by atoms with Crippen LogP contribution in [0, 0.1) is 6.92 Å². The summed E-state index contributed by atoms with van der Waals surface area (Å²) in [4.78, 5) is 11.5. The van der Waals surface area contributed by atoms with Crippen LogP contribution in [0.5, 0.6) is 0 Å². The second-order valence-corrected chi connectivity index (χ2v) is 3.89. The highest BCUT2D eigenvalue weighted by Crippen LogP contribution is 1.95. The first-order chi connectivity index (χ1) is 8.25. The predicted molar refractivity (Wildman–Crippen MR) is 63.6 cm³/mol. The first-order valence-electron chi connectivity index (χ1n) is 5.53. The van der Waals surface area contributed by atoms with Crippen molar-refractivity contribution in [2.75, 3.05) is 6.54 Å². The zero-order valence-electron chi connectivity index (χ0n) is 9.72. The minimum atomic E-state index is 0.0251. The van der Waals surface area contributed by atoms with Crippen molar-refractivity contribution in [2.24, 2.45) is 0 Å². The zero-order valence-corrected chi connectivity index (χ0v) is 9.72. The van der Waals surface area contributed by atoms with Gasteiger partial charge in [-0.25, -0.2) is 0 Å². The summed E-state index contributed by atoms with van der Waals surface area (Å²) < 4.78 is 6.64. The Bertz CT molecular complexity index is 517. The third-order valence-electron chi connectivity index (χ3n) is 2.45. The molecule has 0 aromatic carbocycles. The number of pyridine rings is 1. The van der Waals surface area contributed by atoms with E-state index in [9.17, 15) is 4.79 Å². The van der Waals surface area contributed by atoms with Crippen molar-refractivity contribution >= 4 is 0 Å². The van der Waals surface area contributed by atoms with E-state index in [0.717, 1.165) is 11.3 Å². The molecule has 0 spiro atoms. The molecule has 0 saturated heterocycles. The van der Waals surface area contributed by atoms with Crippen LogP contribution in [0.4, 0.5) is 0 Å². The molecular formula is C12H15N3O2. The molecule has 0 aliphatic heterocycles. The fraction of sp³-hybridized carbons (Fsp3) is 0.333. The standard InChI is InChI=1S/C12H15N3O2/c1-10-2-3-12(16)15(9-10)7-6-13-8-11-4-5-14-17-11/h2-5,9,13H,6-8H2,1H3. The summed E-state index contributed by atoms with van der Waals surface area (Å²) in [6.45, 7) is 3.96. The molecule has 0 fully saturated rings. The largest absolute Gasteiger partial charge is 0.360 e. The highest BCUT2D eigenvalue weighted by molar-refractivity contribution is 5.07. The number of aryl methyl sites for hydroxylation is 1. The predicted octanol–water partition coefficient (Wildman–Crippen LogP) is 0.935. The summed E-state index contributed by atoms with van der Waals surface area (Å²) in [5.74, 6) is 0.793. The van der Waals surface area contributed by atoms with Crippen molar-refractivity contribution in [3.63, 3.8) is 0 Å². The summed E-state index contributed by atoms with van der Waals surface area (Å²) in [6.07, 6.45) is 3.47. The van der Waals surface area contributed by atoms with E-state index in [0.29, 0.717) is 19.6 Å². The summed E-state index contributed by atoms with van der Waals surface area (Å²) in [6, 6.07) is 5.22. The smallest absolute Gasteiger partial charge is 0.250 e. The van der Waals surface area contributed by atoms with Gasteiger partial charge in [-0.1, -0.05) is 11.2 Å². The molecule has 0 saturated carbocycles. The normalized spacial score (nSPS) is 10.6. The first kappa shape index (κ1) is 11.6. The molecule has 1 N–H and O–H groups in total. The Morgan fingerprint density at radius 1 is 1.41 bits per heavy atom. The van der Waals surface area contributed by atoms with Crippen molar-refractivity contribution < 1.29 is 4.52 Å². The molecule has 17 heavy (non-hydrogen) atoms. The molecule has 2 rings (SSSR count). The lowest BCUT2D eigenvalue weighted by Gasteiger charge is -2.06. The van der Waals surface area contributed by atoms with E-state index in [-0.39, 0.29) is 5.56 Å². The maximum Gasteiger partial charge on any atom is 0.250 e. The van der Waals surface area contributed by atoms with Crippen molar-refractivity contribution in [1.29, 1.82) is 0 Å². The van der Waals surface area contributed by atoms with Gasteiger partial charge >= 0.3 is 0 Å². The van der Waals surface area contributed by atoms with Crippen molar-refractivity contribution in [2.45, 2.75) is 20.0 Å². The van der Waals surface area contributed by atoms with E-state index in [2.05, 4.69) is 10.5 Å². The highest BCUT2D eigenvalue weighted by Gasteiger charge is 1.98. The Kier molecular flexibility index (Phi) is 3.72. The molecule has 2 aromatic rings. The van der Waals surface area contributed by atoms with Gasteiger partial charge < -0.3 is 14.4 Å². The highest BCUT2D eigenvalue weighted by atomic mass is 16.5. The molecule has 2 heterocycles. The van der Waals surface area contributed by atoms with Gasteiger partial charge in [0.25, 0.3) is 5.56 Å². The van der Waals surface area contributed by atoms with Crippen molar-refractivity contribution in [3.8, 4) is 0 Å². The molecule has 0 radical (unpaired) electrons. The van der Waals surface area contributed by atoms with Crippen LogP contribution in [0.3, 0.4) is 0 Å². The van der Waals surface area contributed by atoms with Gasteiger partial charge in [-0.3, -0.25) is 4.79 Å². The number of aromatic nitrogens is 2. The average Bonchev–Trinajstić information content (AvgIpc) is 2.82. The molecular weight excluding hydrogens is 218 g/mol. The van der Waals surface area contributed by atoms with Gasteiger partial charge in [0.15, 0.2) is 0 Å².